The number of aliphatic imine (C=N–C) groups is 1. The monoisotopic (exact) mass is 398 g/mol. The van der Waals surface area contributed by atoms with Crippen LogP contribution in [0, 0.1) is 0 Å². The number of halogens is 1. The Hall–Kier alpha value is -0.0400. The fraction of sp³-hybridized carbons (Fsp3) is 0.933. The van der Waals surface area contributed by atoms with Crippen molar-refractivity contribution in [2.24, 2.45) is 4.99 Å². The van der Waals surface area contributed by atoms with Crippen LogP contribution < -0.4 is 10.6 Å². The fourth-order valence-electron chi connectivity index (χ4n) is 2.12. The highest BCUT2D eigenvalue weighted by molar-refractivity contribution is 14.0. The molecule has 0 bridgehead atoms. The van der Waals surface area contributed by atoms with Gasteiger partial charge in [-0.15, -0.1) is 24.0 Å². The van der Waals surface area contributed by atoms with Crippen molar-refractivity contribution in [3.05, 3.63) is 0 Å². The summed E-state index contributed by atoms with van der Waals surface area (Å²) in [6.07, 6.45) is 1.13. The highest BCUT2D eigenvalue weighted by atomic mass is 127. The van der Waals surface area contributed by atoms with Gasteiger partial charge in [-0.25, -0.2) is 0 Å². The normalized spacial score (nSPS) is 12.8. The van der Waals surface area contributed by atoms with E-state index in [0.29, 0.717) is 12.1 Å². The Bertz CT molecular complexity index is 262. The zero-order valence-electron chi connectivity index (χ0n) is 14.6. The Kier molecular flexibility index (Phi) is 11.8. The van der Waals surface area contributed by atoms with Crippen LogP contribution in [0.1, 0.15) is 54.9 Å². The van der Waals surface area contributed by atoms with Crippen molar-refractivity contribution in [3.63, 3.8) is 0 Å². The van der Waals surface area contributed by atoms with Crippen LogP contribution in [0.25, 0.3) is 0 Å². The lowest BCUT2D eigenvalue weighted by molar-refractivity contribution is 0.173. The molecule has 122 valence electrons. The lowest BCUT2D eigenvalue weighted by Gasteiger charge is -2.30. The van der Waals surface area contributed by atoms with Gasteiger partial charge in [-0.2, -0.15) is 0 Å². The van der Waals surface area contributed by atoms with Gasteiger partial charge >= 0.3 is 0 Å². The van der Waals surface area contributed by atoms with Gasteiger partial charge in [-0.1, -0.05) is 0 Å². The third kappa shape index (κ3) is 10.7. The third-order valence-corrected chi connectivity index (χ3v) is 2.93. The predicted molar refractivity (Wildman–Crippen MR) is 101 cm³/mol. The van der Waals surface area contributed by atoms with Gasteiger partial charge < -0.3 is 10.6 Å². The molecule has 0 aliphatic rings. The van der Waals surface area contributed by atoms with Gasteiger partial charge in [0.2, 0.25) is 0 Å². The summed E-state index contributed by atoms with van der Waals surface area (Å²) in [6.45, 7) is 17.5. The lowest BCUT2D eigenvalue weighted by atomic mass is 10.1. The largest absolute Gasteiger partial charge is 0.356 e. The molecule has 0 aliphatic heterocycles. The maximum atomic E-state index is 4.24. The highest BCUT2D eigenvalue weighted by Crippen LogP contribution is 2.05. The first-order valence-corrected chi connectivity index (χ1v) is 7.42. The molecule has 0 amide bonds. The van der Waals surface area contributed by atoms with Gasteiger partial charge in [0.1, 0.15) is 0 Å². The molecule has 4 nitrogen and oxygen atoms in total. The molecule has 2 N–H and O–H groups in total. The molecule has 0 saturated carbocycles. The summed E-state index contributed by atoms with van der Waals surface area (Å²) in [5, 5.41) is 6.74. The van der Waals surface area contributed by atoms with Crippen molar-refractivity contribution in [1.29, 1.82) is 0 Å². The van der Waals surface area contributed by atoms with Crippen LogP contribution in [0.4, 0.5) is 0 Å². The van der Waals surface area contributed by atoms with Gasteiger partial charge in [-0.05, 0) is 54.9 Å². The zero-order valence-corrected chi connectivity index (χ0v) is 16.9. The van der Waals surface area contributed by atoms with Gasteiger partial charge in [-0.3, -0.25) is 9.89 Å². The van der Waals surface area contributed by atoms with Gasteiger partial charge in [0.15, 0.2) is 5.96 Å². The Morgan fingerprint density at radius 3 is 1.95 bits per heavy atom. The second kappa shape index (κ2) is 10.7. The fourth-order valence-corrected chi connectivity index (χ4v) is 2.12. The molecule has 0 spiro atoms. The Balaban J connectivity index is 0. The highest BCUT2D eigenvalue weighted by Gasteiger charge is 2.13. The topological polar surface area (TPSA) is 39.7 Å². The average Bonchev–Trinajstić information content (AvgIpc) is 2.24. The predicted octanol–water partition coefficient (Wildman–Crippen LogP) is 3.08. The molecular formula is C15H35IN4. The molecule has 0 atom stereocenters. The van der Waals surface area contributed by atoms with E-state index in [2.05, 4.69) is 69.0 Å². The standard InChI is InChI=1S/C15H34N4.HI/c1-12(2)19(13(3)4)11-9-10-17-14(16-8)18-15(5,6)7;/h12-13H,9-11H2,1-8H3,(H2,16,17,18);1H. The molecule has 0 aromatic carbocycles. The molecule has 0 radical (unpaired) electrons. The van der Waals surface area contributed by atoms with E-state index in [1.807, 2.05) is 7.05 Å². The first-order valence-electron chi connectivity index (χ1n) is 7.42. The summed E-state index contributed by atoms with van der Waals surface area (Å²) in [5.74, 6) is 0.883. The Morgan fingerprint density at radius 1 is 1.10 bits per heavy atom. The SMILES string of the molecule is CN=C(NCCCN(C(C)C)C(C)C)NC(C)(C)C.I. The Labute approximate surface area is 143 Å². The maximum Gasteiger partial charge on any atom is 0.191 e. The van der Waals surface area contributed by atoms with Crippen molar-refractivity contribution in [2.75, 3.05) is 20.1 Å². The number of hydrogen-bond acceptors (Lipinski definition) is 2. The van der Waals surface area contributed by atoms with Crippen LogP contribution in [0.5, 0.6) is 0 Å². The van der Waals surface area contributed by atoms with Crippen LogP contribution in [-0.2, 0) is 0 Å². The smallest absolute Gasteiger partial charge is 0.191 e. The van der Waals surface area contributed by atoms with Crippen molar-refractivity contribution >= 4 is 29.9 Å². The second-order valence-electron chi connectivity index (χ2n) is 6.65. The average molecular weight is 398 g/mol. The zero-order chi connectivity index (χ0) is 15.1. The van der Waals surface area contributed by atoms with Crippen molar-refractivity contribution in [3.8, 4) is 0 Å². The number of nitrogens with zero attached hydrogens (tertiary/aromatic N) is 2. The van der Waals surface area contributed by atoms with Gasteiger partial charge in [0.05, 0.1) is 0 Å². The third-order valence-electron chi connectivity index (χ3n) is 2.93. The minimum absolute atomic E-state index is 0. The number of hydrogen-bond donors (Lipinski definition) is 2. The molecule has 0 saturated heterocycles. The van der Waals surface area contributed by atoms with E-state index in [4.69, 9.17) is 0 Å². The minimum Gasteiger partial charge on any atom is -0.356 e. The van der Waals surface area contributed by atoms with Crippen LogP contribution in [0.3, 0.4) is 0 Å². The van der Waals surface area contributed by atoms with Gasteiger partial charge in [0, 0.05) is 37.8 Å². The quantitative estimate of drug-likeness (QED) is 0.313. The Morgan fingerprint density at radius 2 is 1.60 bits per heavy atom. The molecule has 0 aromatic rings. The maximum absolute atomic E-state index is 4.24. The second-order valence-corrected chi connectivity index (χ2v) is 6.65. The molecule has 20 heavy (non-hydrogen) atoms. The molecule has 0 aromatic heterocycles. The minimum atomic E-state index is 0. The molecule has 0 unspecified atom stereocenters. The molecule has 0 aliphatic carbocycles. The van der Waals surface area contributed by atoms with E-state index in [0.717, 1.165) is 25.5 Å². The molecule has 0 rings (SSSR count). The van der Waals surface area contributed by atoms with E-state index in [1.54, 1.807) is 0 Å². The summed E-state index contributed by atoms with van der Waals surface area (Å²) in [6, 6.07) is 1.21. The summed E-state index contributed by atoms with van der Waals surface area (Å²) in [4.78, 5) is 6.76. The van der Waals surface area contributed by atoms with Crippen LogP contribution >= 0.6 is 24.0 Å². The number of nitrogens with one attached hydrogen (secondary N) is 2. The molecule has 5 heteroatoms. The van der Waals surface area contributed by atoms with Crippen LogP contribution in [-0.4, -0.2) is 48.6 Å². The van der Waals surface area contributed by atoms with E-state index in [1.165, 1.54) is 0 Å². The molecule has 0 fully saturated rings. The molecular weight excluding hydrogens is 363 g/mol. The van der Waals surface area contributed by atoms with E-state index >= 15 is 0 Å². The van der Waals surface area contributed by atoms with E-state index in [9.17, 15) is 0 Å². The van der Waals surface area contributed by atoms with E-state index < -0.39 is 0 Å². The first kappa shape index (κ1) is 22.2. The first-order chi connectivity index (χ1) is 8.67. The van der Waals surface area contributed by atoms with Crippen molar-refractivity contribution < 1.29 is 0 Å². The van der Waals surface area contributed by atoms with Crippen LogP contribution in [0.15, 0.2) is 4.99 Å². The van der Waals surface area contributed by atoms with E-state index in [-0.39, 0.29) is 29.5 Å². The summed E-state index contributed by atoms with van der Waals surface area (Å²) >= 11 is 0. The van der Waals surface area contributed by atoms with Gasteiger partial charge in [0.25, 0.3) is 0 Å². The lowest BCUT2D eigenvalue weighted by Crippen LogP contribution is -2.48. The number of guanidine groups is 1. The summed E-state index contributed by atoms with van der Waals surface area (Å²) in [5.41, 5.74) is 0.0454. The van der Waals surface area contributed by atoms with Crippen molar-refractivity contribution in [1.82, 2.24) is 15.5 Å². The van der Waals surface area contributed by atoms with Crippen molar-refractivity contribution in [2.45, 2.75) is 72.5 Å². The molecule has 0 heterocycles. The summed E-state index contributed by atoms with van der Waals surface area (Å²) in [7, 11) is 1.82. The van der Waals surface area contributed by atoms with Crippen LogP contribution in [0.2, 0.25) is 0 Å². The summed E-state index contributed by atoms with van der Waals surface area (Å²) < 4.78 is 0. The number of rotatable bonds is 6.